The molecule has 1 N–H and O–H groups in total. The molecule has 10 heteroatoms. The molecule has 7 nitrogen and oxygen atoms in total. The van der Waals surface area contributed by atoms with E-state index in [1.165, 1.54) is 6.42 Å². The van der Waals surface area contributed by atoms with Crippen LogP contribution in [0.3, 0.4) is 0 Å². The Hall–Kier alpha value is -2.52. The number of nitrogens with one attached hydrogen (secondary N) is 1. The second-order valence-electron chi connectivity index (χ2n) is 9.90. The Bertz CT molecular complexity index is 1450. The Morgan fingerprint density at radius 3 is 2.42 bits per heavy atom. The summed E-state index contributed by atoms with van der Waals surface area (Å²) in [6.07, 6.45) is 3.77. The zero-order chi connectivity index (χ0) is 27.0. The van der Waals surface area contributed by atoms with Gasteiger partial charge in [-0.05, 0) is 79.3 Å². The molecule has 1 atom stereocenters. The topological polar surface area (TPSA) is 82.7 Å². The van der Waals surface area contributed by atoms with Crippen molar-refractivity contribution in [3.63, 3.8) is 0 Å². The Labute approximate surface area is 233 Å². The Balaban J connectivity index is 1.55. The highest BCUT2D eigenvalue weighted by Gasteiger charge is 2.39. The number of amides is 1. The van der Waals surface area contributed by atoms with E-state index in [-0.39, 0.29) is 23.3 Å². The molecule has 38 heavy (non-hydrogen) atoms. The van der Waals surface area contributed by atoms with Crippen molar-refractivity contribution in [1.82, 2.24) is 15.0 Å². The number of carbonyl (C=O) groups is 1. The van der Waals surface area contributed by atoms with Crippen LogP contribution in [-0.2, 0) is 10.1 Å². The van der Waals surface area contributed by atoms with Crippen LogP contribution in [0.5, 0.6) is 5.75 Å². The maximum atomic E-state index is 13.9. The first kappa shape index (κ1) is 27.1. The van der Waals surface area contributed by atoms with Crippen molar-refractivity contribution in [2.75, 3.05) is 25.4 Å². The number of benzene rings is 2. The van der Waals surface area contributed by atoms with Gasteiger partial charge in [0.1, 0.15) is 5.75 Å². The summed E-state index contributed by atoms with van der Waals surface area (Å²) in [5.74, 6) is 0.0356. The first-order valence-corrected chi connectivity index (χ1v) is 15.3. The second kappa shape index (κ2) is 10.9. The van der Waals surface area contributed by atoms with E-state index in [2.05, 4.69) is 9.99 Å². The van der Waals surface area contributed by atoms with Gasteiger partial charge in [-0.2, -0.15) is 8.42 Å². The van der Waals surface area contributed by atoms with Crippen molar-refractivity contribution >= 4 is 39.2 Å². The highest BCUT2D eigenvalue weighted by molar-refractivity contribution is 7.87. The molecule has 2 aliphatic rings. The zero-order valence-electron chi connectivity index (χ0n) is 21.5. The van der Waals surface area contributed by atoms with E-state index in [9.17, 15) is 13.2 Å². The number of hydrogen-bond acceptors (Lipinski definition) is 5. The van der Waals surface area contributed by atoms with Gasteiger partial charge in [0.2, 0.25) is 0 Å². The number of hydrogen-bond donors (Lipinski definition) is 1. The number of aromatic nitrogens is 1. The maximum Gasteiger partial charge on any atom is 0.309 e. The average Bonchev–Trinajstić information content (AvgIpc) is 3.23. The molecular weight excluding hydrogens is 545 g/mol. The van der Waals surface area contributed by atoms with Gasteiger partial charge in [0.05, 0.1) is 17.9 Å². The van der Waals surface area contributed by atoms with Crippen molar-refractivity contribution < 1.29 is 17.4 Å². The number of H-pyrrole nitrogens is 1. The quantitative estimate of drug-likeness (QED) is 0.329. The largest absolute Gasteiger partial charge is 0.382 e. The van der Waals surface area contributed by atoms with Gasteiger partial charge in [0.15, 0.2) is 0 Å². The number of hydrazine groups is 1. The van der Waals surface area contributed by atoms with Crippen LogP contribution in [0.25, 0.3) is 11.3 Å². The molecule has 0 aliphatic carbocycles. The van der Waals surface area contributed by atoms with Gasteiger partial charge in [-0.1, -0.05) is 42.6 Å². The lowest BCUT2D eigenvalue weighted by atomic mass is 9.88. The first-order chi connectivity index (χ1) is 18.2. The SMILES string of the molecule is CCCS(=O)(=O)Oc1ccc(-c2[nH]c3c(c2C)C(=O)N(N2CCCCC2)CC3c2ccc(Cl)cc2Cl)cc1. The average molecular weight is 577 g/mol. The number of rotatable bonds is 7. The van der Waals surface area contributed by atoms with Crippen LogP contribution < -0.4 is 4.18 Å². The van der Waals surface area contributed by atoms with E-state index in [4.69, 9.17) is 27.4 Å². The number of nitrogens with zero attached hydrogens (tertiary/aromatic N) is 2. The predicted molar refractivity (Wildman–Crippen MR) is 150 cm³/mol. The fourth-order valence-corrected chi connectivity index (χ4v) is 6.96. The highest BCUT2D eigenvalue weighted by atomic mass is 35.5. The second-order valence-corrected chi connectivity index (χ2v) is 12.4. The van der Waals surface area contributed by atoms with Gasteiger partial charge in [0, 0.05) is 40.4 Å². The number of carbonyl (C=O) groups excluding carboxylic acids is 1. The number of aromatic amines is 1. The van der Waals surface area contributed by atoms with E-state index in [1.54, 1.807) is 37.3 Å². The van der Waals surface area contributed by atoms with Crippen LogP contribution in [0.4, 0.5) is 0 Å². The van der Waals surface area contributed by atoms with Gasteiger partial charge in [-0.25, -0.2) is 5.01 Å². The molecule has 3 aromatic rings. The summed E-state index contributed by atoms with van der Waals surface area (Å²) in [5.41, 5.74) is 4.86. The highest BCUT2D eigenvalue weighted by Crippen LogP contribution is 2.42. The Kier molecular flexibility index (Phi) is 7.78. The van der Waals surface area contributed by atoms with Crippen molar-refractivity contribution in [3.8, 4) is 17.0 Å². The molecule has 2 aliphatic heterocycles. The third-order valence-electron chi connectivity index (χ3n) is 7.26. The molecular formula is C28H31Cl2N3O4S. The maximum absolute atomic E-state index is 13.9. The number of fused-ring (bicyclic) bond motifs is 1. The normalized spacial score (nSPS) is 18.5. The summed E-state index contributed by atoms with van der Waals surface area (Å²) >= 11 is 12.9. The molecule has 1 saturated heterocycles. The molecule has 2 aromatic carbocycles. The van der Waals surface area contributed by atoms with Gasteiger partial charge in [-0.15, -0.1) is 0 Å². The van der Waals surface area contributed by atoms with E-state index >= 15 is 0 Å². The lowest BCUT2D eigenvalue weighted by molar-refractivity contribution is -0.0264. The van der Waals surface area contributed by atoms with Crippen LogP contribution in [-0.4, -0.2) is 54.7 Å². The first-order valence-electron chi connectivity index (χ1n) is 12.9. The third-order valence-corrected chi connectivity index (χ3v) is 9.18. The lowest BCUT2D eigenvalue weighted by Gasteiger charge is -2.42. The minimum absolute atomic E-state index is 0.0196. The van der Waals surface area contributed by atoms with Gasteiger partial charge in [-0.3, -0.25) is 9.80 Å². The standard InChI is InChI=1S/C28H31Cl2N3O4S/c1-3-15-38(35,36)37-21-10-7-19(8-11-21)26-18(2)25-27(31-26)23(22-12-9-20(29)16-24(22)30)17-33(28(25)34)32-13-5-4-6-14-32/h7-12,16,23,31H,3-6,13-15,17H2,1-2H3. The van der Waals surface area contributed by atoms with Gasteiger partial charge in [0.25, 0.3) is 5.91 Å². The molecule has 1 aromatic heterocycles. The summed E-state index contributed by atoms with van der Waals surface area (Å²) in [6.45, 7) is 5.91. The summed E-state index contributed by atoms with van der Waals surface area (Å²) in [4.78, 5) is 17.4. The fourth-order valence-electron chi connectivity index (χ4n) is 5.44. The van der Waals surface area contributed by atoms with Crippen LogP contribution in [0, 0.1) is 6.92 Å². The predicted octanol–water partition coefficient (Wildman–Crippen LogP) is 6.40. The summed E-state index contributed by atoms with van der Waals surface area (Å²) in [6, 6.07) is 12.4. The van der Waals surface area contributed by atoms with Crippen LogP contribution in [0.2, 0.25) is 10.0 Å². The molecule has 1 unspecified atom stereocenters. The molecule has 5 rings (SSSR count). The van der Waals surface area contributed by atoms with Gasteiger partial charge < -0.3 is 9.17 Å². The van der Waals surface area contributed by atoms with Crippen molar-refractivity contribution in [1.29, 1.82) is 0 Å². The minimum Gasteiger partial charge on any atom is -0.382 e. The Morgan fingerprint density at radius 1 is 1.05 bits per heavy atom. The minimum atomic E-state index is -3.63. The molecule has 1 fully saturated rings. The van der Waals surface area contributed by atoms with Gasteiger partial charge >= 0.3 is 10.1 Å². The molecule has 0 radical (unpaired) electrons. The number of piperidine rings is 1. The van der Waals surface area contributed by atoms with E-state index < -0.39 is 10.1 Å². The zero-order valence-corrected chi connectivity index (χ0v) is 23.8. The summed E-state index contributed by atoms with van der Waals surface area (Å²) in [7, 11) is -3.63. The lowest BCUT2D eigenvalue weighted by Crippen LogP contribution is -2.52. The van der Waals surface area contributed by atoms with Crippen LogP contribution in [0.1, 0.15) is 65.7 Å². The Morgan fingerprint density at radius 2 is 1.76 bits per heavy atom. The smallest absolute Gasteiger partial charge is 0.309 e. The van der Waals surface area contributed by atoms with E-state index in [0.29, 0.717) is 28.6 Å². The monoisotopic (exact) mass is 575 g/mol. The third kappa shape index (κ3) is 5.32. The molecule has 0 bridgehead atoms. The molecule has 3 heterocycles. The van der Waals surface area contributed by atoms with Crippen molar-refractivity contribution in [3.05, 3.63) is 74.9 Å². The van der Waals surface area contributed by atoms with E-state index in [1.807, 2.05) is 24.1 Å². The number of halogens is 2. The summed E-state index contributed by atoms with van der Waals surface area (Å²) in [5, 5.41) is 5.17. The van der Waals surface area contributed by atoms with Crippen molar-refractivity contribution in [2.45, 2.75) is 45.4 Å². The van der Waals surface area contributed by atoms with Crippen molar-refractivity contribution in [2.24, 2.45) is 0 Å². The van der Waals surface area contributed by atoms with Crippen LogP contribution >= 0.6 is 23.2 Å². The molecule has 0 spiro atoms. The van der Waals surface area contributed by atoms with E-state index in [0.717, 1.165) is 54.0 Å². The summed E-state index contributed by atoms with van der Waals surface area (Å²) < 4.78 is 29.3. The molecule has 0 saturated carbocycles. The molecule has 202 valence electrons. The molecule has 1 amide bonds. The fraction of sp³-hybridized carbons (Fsp3) is 0.393. The van der Waals surface area contributed by atoms with Crippen LogP contribution in [0.15, 0.2) is 42.5 Å².